The van der Waals surface area contributed by atoms with Crippen LogP contribution in [0.2, 0.25) is 0 Å². The first kappa shape index (κ1) is 15.1. The molecule has 1 unspecified atom stereocenters. The fourth-order valence-electron chi connectivity index (χ4n) is 0.358. The molecule has 0 aromatic heterocycles. The maximum Gasteiger partial charge on any atom is 1.00 e. The van der Waals surface area contributed by atoms with Crippen LogP contribution < -0.4 is 29.6 Å². The molecular weight excluding hydrogens is 212 g/mol. The number of hydrogen-bond acceptors (Lipinski definition) is 4. The van der Waals surface area contributed by atoms with Crippen molar-refractivity contribution in [3.63, 3.8) is 0 Å². The summed E-state index contributed by atoms with van der Waals surface area (Å²) in [5.74, 6) is 0. The van der Waals surface area contributed by atoms with Crippen LogP contribution in [0.4, 0.5) is 13.2 Å². The zero-order valence-electron chi connectivity index (χ0n) is 6.00. The van der Waals surface area contributed by atoms with Crippen molar-refractivity contribution in [2.75, 3.05) is 6.61 Å². The van der Waals surface area contributed by atoms with E-state index in [-0.39, 0.29) is 29.6 Å². The van der Waals surface area contributed by atoms with Crippen LogP contribution in [0.25, 0.3) is 0 Å². The van der Waals surface area contributed by atoms with Crippen molar-refractivity contribution >= 4 is 10.1 Å². The molecule has 0 saturated heterocycles. The van der Waals surface area contributed by atoms with Gasteiger partial charge in [-0.05, 0) is 0 Å². The molecule has 0 aromatic carbocycles. The molecule has 0 saturated carbocycles. The molecule has 0 heterocycles. The van der Waals surface area contributed by atoms with Gasteiger partial charge in [0.05, 0.1) is 6.61 Å². The third-order valence-electron chi connectivity index (χ3n) is 0.879. The van der Waals surface area contributed by atoms with E-state index in [9.17, 15) is 26.1 Å². The Morgan fingerprint density at radius 2 is 1.75 bits per heavy atom. The zero-order chi connectivity index (χ0) is 9.28. The summed E-state index contributed by atoms with van der Waals surface area (Å²) in [6.07, 6.45) is -5.20. The van der Waals surface area contributed by atoms with Crippen molar-refractivity contribution in [1.82, 2.24) is 0 Å². The molecule has 0 amide bonds. The minimum Gasteiger partial charge on any atom is -0.747 e. The van der Waals surface area contributed by atoms with E-state index < -0.39 is 28.2 Å². The summed E-state index contributed by atoms with van der Waals surface area (Å²) in [4.78, 5) is 0. The Bertz CT molecular complexity index is 222. The normalized spacial score (nSPS) is 15.1. The largest absolute Gasteiger partial charge is 1.00 e. The van der Waals surface area contributed by atoms with Crippen LogP contribution in [0.15, 0.2) is 0 Å². The summed E-state index contributed by atoms with van der Waals surface area (Å²) in [5.41, 5.74) is 0. The van der Waals surface area contributed by atoms with Crippen LogP contribution in [0.1, 0.15) is 0 Å². The van der Waals surface area contributed by atoms with Crippen LogP contribution in [-0.2, 0) is 10.1 Å². The summed E-state index contributed by atoms with van der Waals surface area (Å²) in [6.45, 7) is -1.74. The molecule has 9 heteroatoms. The molecule has 0 aliphatic rings. The van der Waals surface area contributed by atoms with Crippen LogP contribution >= 0.6 is 0 Å². The molecule has 1 N–H and O–H groups in total. The number of rotatable bonds is 2. The van der Waals surface area contributed by atoms with Gasteiger partial charge in [-0.2, -0.15) is 13.2 Å². The van der Waals surface area contributed by atoms with Gasteiger partial charge < -0.3 is 9.66 Å². The summed E-state index contributed by atoms with van der Waals surface area (Å²) >= 11 is 0. The first-order valence-corrected chi connectivity index (χ1v) is 3.79. The predicted octanol–water partition coefficient (Wildman–Crippen LogP) is -3.54. The predicted molar refractivity (Wildman–Crippen MR) is 26.6 cm³/mol. The Kier molecular flexibility index (Phi) is 6.03. The molecule has 0 aromatic rings. The molecular formula is C3H4F3NaO4S. The molecule has 1 atom stereocenters. The van der Waals surface area contributed by atoms with Crippen molar-refractivity contribution in [2.45, 2.75) is 11.4 Å². The van der Waals surface area contributed by atoms with E-state index in [0.29, 0.717) is 0 Å². The van der Waals surface area contributed by atoms with Gasteiger partial charge in [0.15, 0.2) is 5.25 Å². The van der Waals surface area contributed by atoms with Gasteiger partial charge in [0.2, 0.25) is 0 Å². The van der Waals surface area contributed by atoms with Gasteiger partial charge in [0.1, 0.15) is 10.1 Å². The number of aliphatic hydroxyl groups excluding tert-OH is 1. The standard InChI is InChI=1S/C3H5F3O4S.Na/c4-3(5,6)2(1-7)11(8,9)10;/h2,7H,1H2,(H,8,9,10);/q;+1/p-1. The summed E-state index contributed by atoms with van der Waals surface area (Å²) in [6, 6.07) is 0. The van der Waals surface area contributed by atoms with Gasteiger partial charge in [-0.1, -0.05) is 0 Å². The van der Waals surface area contributed by atoms with Gasteiger partial charge in [-0.15, -0.1) is 0 Å². The second kappa shape index (κ2) is 4.77. The van der Waals surface area contributed by atoms with E-state index in [1.54, 1.807) is 0 Å². The fourth-order valence-corrected chi connectivity index (χ4v) is 0.868. The Morgan fingerprint density at radius 1 is 1.42 bits per heavy atom. The first-order chi connectivity index (χ1) is 4.69. The Balaban J connectivity index is 0. The average molecular weight is 216 g/mol. The molecule has 68 valence electrons. The number of alkyl halides is 3. The van der Waals surface area contributed by atoms with E-state index >= 15 is 0 Å². The maximum absolute atomic E-state index is 11.5. The topological polar surface area (TPSA) is 77.4 Å². The van der Waals surface area contributed by atoms with Crippen LogP contribution in [0.5, 0.6) is 0 Å². The van der Waals surface area contributed by atoms with Gasteiger partial charge in [0, 0.05) is 0 Å². The number of hydrogen-bond donors (Lipinski definition) is 1. The molecule has 0 radical (unpaired) electrons. The van der Waals surface area contributed by atoms with Crippen molar-refractivity contribution in [2.24, 2.45) is 0 Å². The van der Waals surface area contributed by atoms with Crippen molar-refractivity contribution in [3.05, 3.63) is 0 Å². The molecule has 0 bridgehead atoms. The molecule has 0 fully saturated rings. The molecule has 0 aliphatic heterocycles. The number of halogens is 3. The van der Waals surface area contributed by atoms with Crippen molar-refractivity contribution < 1.29 is 60.8 Å². The smallest absolute Gasteiger partial charge is 0.747 e. The van der Waals surface area contributed by atoms with Crippen LogP contribution in [0.3, 0.4) is 0 Å². The fraction of sp³-hybridized carbons (Fsp3) is 1.00. The molecule has 0 aliphatic carbocycles. The summed E-state index contributed by atoms with van der Waals surface area (Å²) in [5, 5.41) is 4.69. The Morgan fingerprint density at radius 3 is 1.75 bits per heavy atom. The van der Waals surface area contributed by atoms with E-state index in [4.69, 9.17) is 5.11 Å². The SMILES string of the molecule is O=S(=O)([O-])C(CO)C(F)(F)F.[Na+]. The average Bonchev–Trinajstić information content (AvgIpc) is 1.56. The van der Waals surface area contributed by atoms with Gasteiger partial charge >= 0.3 is 35.7 Å². The third-order valence-corrected chi connectivity index (χ3v) is 1.99. The van der Waals surface area contributed by atoms with Gasteiger partial charge in [-0.25, -0.2) is 8.42 Å². The number of aliphatic hydroxyl groups is 1. The molecule has 12 heavy (non-hydrogen) atoms. The molecule has 0 spiro atoms. The Labute approximate surface area is 88.8 Å². The summed E-state index contributed by atoms with van der Waals surface area (Å²) in [7, 11) is -5.50. The Hall–Kier alpha value is 0.660. The van der Waals surface area contributed by atoms with Crippen molar-refractivity contribution in [3.8, 4) is 0 Å². The minimum atomic E-state index is -5.50. The molecule has 0 rings (SSSR count). The van der Waals surface area contributed by atoms with Gasteiger partial charge in [-0.3, -0.25) is 0 Å². The summed E-state index contributed by atoms with van der Waals surface area (Å²) < 4.78 is 63.8. The third kappa shape index (κ3) is 4.63. The van der Waals surface area contributed by atoms with Crippen LogP contribution in [0, 0.1) is 0 Å². The maximum atomic E-state index is 11.5. The van der Waals surface area contributed by atoms with E-state index in [2.05, 4.69) is 0 Å². The second-order valence-corrected chi connectivity index (χ2v) is 3.26. The zero-order valence-corrected chi connectivity index (χ0v) is 8.82. The first-order valence-electron chi connectivity index (χ1n) is 2.32. The van der Waals surface area contributed by atoms with Gasteiger partial charge in [0.25, 0.3) is 0 Å². The minimum absolute atomic E-state index is 0. The monoisotopic (exact) mass is 216 g/mol. The van der Waals surface area contributed by atoms with E-state index in [0.717, 1.165) is 0 Å². The van der Waals surface area contributed by atoms with E-state index in [1.807, 2.05) is 0 Å². The molecule has 4 nitrogen and oxygen atoms in total. The van der Waals surface area contributed by atoms with E-state index in [1.165, 1.54) is 0 Å². The van der Waals surface area contributed by atoms with Crippen LogP contribution in [-0.4, -0.2) is 36.1 Å². The second-order valence-electron chi connectivity index (χ2n) is 1.71. The van der Waals surface area contributed by atoms with Crippen molar-refractivity contribution in [1.29, 1.82) is 0 Å². The quantitative estimate of drug-likeness (QED) is 0.383.